The summed E-state index contributed by atoms with van der Waals surface area (Å²) in [7, 11) is -3.73. The number of hydrogen-bond acceptors (Lipinski definition) is 4. The first-order chi connectivity index (χ1) is 14.2. The molecule has 156 valence electrons. The predicted molar refractivity (Wildman–Crippen MR) is 119 cm³/mol. The SMILES string of the molecule is Cc1cc(Cl)ccc1NC(=O)COc1ccc(S(=O)(=O)Nc2ccccc2)cc1C. The molecule has 0 aliphatic heterocycles. The molecule has 0 aliphatic rings. The van der Waals surface area contributed by atoms with E-state index in [9.17, 15) is 13.2 Å². The maximum absolute atomic E-state index is 12.6. The molecule has 0 heterocycles. The Hall–Kier alpha value is -3.03. The van der Waals surface area contributed by atoms with Crippen molar-refractivity contribution in [1.29, 1.82) is 0 Å². The van der Waals surface area contributed by atoms with Gasteiger partial charge in [0.1, 0.15) is 5.75 Å². The van der Waals surface area contributed by atoms with Crippen molar-refractivity contribution in [3.05, 3.63) is 82.9 Å². The first kappa shape index (κ1) is 21.7. The summed E-state index contributed by atoms with van der Waals surface area (Å²) >= 11 is 5.92. The van der Waals surface area contributed by atoms with Gasteiger partial charge in [0.25, 0.3) is 15.9 Å². The van der Waals surface area contributed by atoms with Crippen LogP contribution in [0.15, 0.2) is 71.6 Å². The number of nitrogens with one attached hydrogen (secondary N) is 2. The molecule has 6 nitrogen and oxygen atoms in total. The lowest BCUT2D eigenvalue weighted by Gasteiger charge is -2.13. The third kappa shape index (κ3) is 5.52. The van der Waals surface area contributed by atoms with E-state index in [0.717, 1.165) is 5.56 Å². The smallest absolute Gasteiger partial charge is 0.262 e. The van der Waals surface area contributed by atoms with E-state index in [4.69, 9.17) is 16.3 Å². The van der Waals surface area contributed by atoms with Crippen LogP contribution >= 0.6 is 11.6 Å². The number of ether oxygens (including phenoxy) is 1. The van der Waals surface area contributed by atoms with Gasteiger partial charge >= 0.3 is 0 Å². The minimum absolute atomic E-state index is 0.109. The molecule has 0 atom stereocenters. The highest BCUT2D eigenvalue weighted by molar-refractivity contribution is 7.92. The quantitative estimate of drug-likeness (QED) is 0.549. The maximum Gasteiger partial charge on any atom is 0.262 e. The molecule has 0 bridgehead atoms. The molecule has 30 heavy (non-hydrogen) atoms. The number of sulfonamides is 1. The van der Waals surface area contributed by atoms with E-state index in [0.29, 0.717) is 27.7 Å². The summed E-state index contributed by atoms with van der Waals surface area (Å²) in [5.41, 5.74) is 2.57. The molecule has 0 unspecified atom stereocenters. The summed E-state index contributed by atoms with van der Waals surface area (Å²) in [5, 5.41) is 3.35. The van der Waals surface area contributed by atoms with Crippen LogP contribution in [0, 0.1) is 13.8 Å². The van der Waals surface area contributed by atoms with Gasteiger partial charge in [0.05, 0.1) is 4.90 Å². The lowest BCUT2D eigenvalue weighted by atomic mass is 10.2. The van der Waals surface area contributed by atoms with Crippen LogP contribution in [0.5, 0.6) is 5.75 Å². The van der Waals surface area contributed by atoms with E-state index in [1.165, 1.54) is 18.2 Å². The molecule has 3 aromatic rings. The van der Waals surface area contributed by atoms with Crippen molar-refractivity contribution < 1.29 is 17.9 Å². The number of halogens is 1. The molecule has 0 radical (unpaired) electrons. The van der Waals surface area contributed by atoms with Gasteiger partial charge in [0.2, 0.25) is 0 Å². The highest BCUT2D eigenvalue weighted by atomic mass is 35.5. The summed E-state index contributed by atoms with van der Waals surface area (Å²) in [4.78, 5) is 12.3. The molecule has 0 saturated carbocycles. The minimum Gasteiger partial charge on any atom is -0.483 e. The summed E-state index contributed by atoms with van der Waals surface area (Å²) in [6.45, 7) is 3.35. The molecule has 2 N–H and O–H groups in total. The van der Waals surface area contributed by atoms with Crippen LogP contribution in [0.1, 0.15) is 11.1 Å². The number of benzene rings is 3. The number of carbonyl (C=O) groups excluding carboxylic acids is 1. The lowest BCUT2D eigenvalue weighted by molar-refractivity contribution is -0.118. The van der Waals surface area contributed by atoms with Gasteiger partial charge < -0.3 is 10.1 Å². The van der Waals surface area contributed by atoms with Gasteiger partial charge in [0, 0.05) is 16.4 Å². The second kappa shape index (κ2) is 9.19. The minimum atomic E-state index is -3.73. The third-order valence-corrected chi connectivity index (χ3v) is 5.92. The Morgan fingerprint density at radius 1 is 0.967 bits per heavy atom. The monoisotopic (exact) mass is 444 g/mol. The average molecular weight is 445 g/mol. The molecule has 0 aliphatic carbocycles. The van der Waals surface area contributed by atoms with Crippen LogP contribution < -0.4 is 14.8 Å². The van der Waals surface area contributed by atoms with Crippen LogP contribution in [0.2, 0.25) is 5.02 Å². The van der Waals surface area contributed by atoms with E-state index >= 15 is 0 Å². The molecule has 0 aromatic heterocycles. The van der Waals surface area contributed by atoms with Gasteiger partial charge in [-0.2, -0.15) is 0 Å². The number of rotatable bonds is 7. The van der Waals surface area contributed by atoms with Crippen LogP contribution in [0.25, 0.3) is 0 Å². The van der Waals surface area contributed by atoms with Gasteiger partial charge in [-0.1, -0.05) is 29.8 Å². The predicted octanol–water partition coefficient (Wildman–Crippen LogP) is 4.78. The summed E-state index contributed by atoms with van der Waals surface area (Å²) in [5.74, 6) is 0.0962. The van der Waals surface area contributed by atoms with E-state index in [-0.39, 0.29) is 17.4 Å². The summed E-state index contributed by atoms with van der Waals surface area (Å²) in [6.07, 6.45) is 0. The topological polar surface area (TPSA) is 84.5 Å². The van der Waals surface area contributed by atoms with Crippen molar-refractivity contribution in [3.63, 3.8) is 0 Å². The van der Waals surface area contributed by atoms with Gasteiger partial charge in [0.15, 0.2) is 6.61 Å². The highest BCUT2D eigenvalue weighted by Gasteiger charge is 2.16. The van der Waals surface area contributed by atoms with Crippen molar-refractivity contribution in [2.75, 3.05) is 16.6 Å². The first-order valence-corrected chi connectivity index (χ1v) is 11.0. The zero-order valence-electron chi connectivity index (χ0n) is 16.5. The van der Waals surface area contributed by atoms with Crippen LogP contribution in [-0.4, -0.2) is 20.9 Å². The Bertz CT molecular complexity index is 1170. The Morgan fingerprint density at radius 2 is 1.70 bits per heavy atom. The third-order valence-electron chi connectivity index (χ3n) is 4.30. The molecule has 8 heteroatoms. The standard InChI is InChI=1S/C22H21ClN2O4S/c1-15-12-17(23)8-10-20(15)24-22(26)14-29-21-11-9-19(13-16(21)2)30(27,28)25-18-6-4-3-5-7-18/h3-13,25H,14H2,1-2H3,(H,24,26). The van der Waals surface area contributed by atoms with Crippen molar-refractivity contribution >= 4 is 38.9 Å². The molecular weight excluding hydrogens is 424 g/mol. The van der Waals surface area contributed by atoms with Crippen LogP contribution in [0.3, 0.4) is 0 Å². The largest absolute Gasteiger partial charge is 0.483 e. The van der Waals surface area contributed by atoms with Gasteiger partial charge in [-0.05, 0) is 73.5 Å². The fourth-order valence-electron chi connectivity index (χ4n) is 2.77. The zero-order chi connectivity index (χ0) is 21.7. The van der Waals surface area contributed by atoms with E-state index in [1.807, 2.05) is 6.92 Å². The average Bonchev–Trinajstić information content (AvgIpc) is 2.69. The number of anilines is 2. The number of para-hydroxylation sites is 1. The Kier molecular flexibility index (Phi) is 6.64. The molecule has 1 amide bonds. The van der Waals surface area contributed by atoms with Crippen molar-refractivity contribution in [2.24, 2.45) is 0 Å². The van der Waals surface area contributed by atoms with Crippen LogP contribution in [0.4, 0.5) is 11.4 Å². The Labute approximate surface area is 180 Å². The molecule has 0 spiro atoms. The lowest BCUT2D eigenvalue weighted by Crippen LogP contribution is -2.21. The molecule has 3 rings (SSSR count). The van der Waals surface area contributed by atoms with Crippen molar-refractivity contribution in [3.8, 4) is 5.75 Å². The maximum atomic E-state index is 12.6. The number of hydrogen-bond donors (Lipinski definition) is 2. The number of aryl methyl sites for hydroxylation is 2. The summed E-state index contributed by atoms with van der Waals surface area (Å²) < 4.78 is 33.2. The first-order valence-electron chi connectivity index (χ1n) is 9.12. The fraction of sp³-hybridized carbons (Fsp3) is 0.136. The van der Waals surface area contributed by atoms with Gasteiger partial charge in [-0.25, -0.2) is 8.42 Å². The Morgan fingerprint density at radius 3 is 2.37 bits per heavy atom. The van der Waals surface area contributed by atoms with Gasteiger partial charge in [-0.3, -0.25) is 9.52 Å². The van der Waals surface area contributed by atoms with Crippen molar-refractivity contribution in [1.82, 2.24) is 0 Å². The molecule has 0 fully saturated rings. The second-order valence-electron chi connectivity index (χ2n) is 6.69. The van der Waals surface area contributed by atoms with E-state index in [2.05, 4.69) is 10.0 Å². The highest BCUT2D eigenvalue weighted by Crippen LogP contribution is 2.24. The molecular formula is C22H21ClN2O4S. The van der Waals surface area contributed by atoms with Crippen LogP contribution in [-0.2, 0) is 14.8 Å². The molecule has 3 aromatic carbocycles. The zero-order valence-corrected chi connectivity index (χ0v) is 18.0. The summed E-state index contributed by atoms with van der Waals surface area (Å²) in [6, 6.07) is 18.3. The van der Waals surface area contributed by atoms with E-state index < -0.39 is 10.0 Å². The normalized spacial score (nSPS) is 11.0. The van der Waals surface area contributed by atoms with Gasteiger partial charge in [-0.15, -0.1) is 0 Å². The van der Waals surface area contributed by atoms with E-state index in [1.54, 1.807) is 55.5 Å². The number of amides is 1. The second-order valence-corrected chi connectivity index (χ2v) is 8.81. The fourth-order valence-corrected chi connectivity index (χ4v) is 4.14. The molecule has 0 saturated heterocycles. The number of carbonyl (C=O) groups is 1. The Balaban J connectivity index is 1.64. The van der Waals surface area contributed by atoms with Crippen molar-refractivity contribution in [2.45, 2.75) is 18.7 Å².